The van der Waals surface area contributed by atoms with Gasteiger partial charge in [0.25, 0.3) is 5.91 Å². The average Bonchev–Trinajstić information content (AvgIpc) is 3.52. The topological polar surface area (TPSA) is 75.0 Å². The van der Waals surface area contributed by atoms with Gasteiger partial charge in [0.2, 0.25) is 11.7 Å². The Bertz CT molecular complexity index is 1290. The number of fused-ring (bicyclic) bond motifs is 1. The lowest BCUT2D eigenvalue weighted by Crippen LogP contribution is -2.48. The number of carbonyl (C=O) groups excluding carboxylic acids is 2. The molecule has 0 radical (unpaired) electrons. The Kier molecular flexibility index (Phi) is 6.22. The number of rotatable bonds is 6. The molecule has 3 heterocycles. The fraction of sp³-hybridized carbons (Fsp3) is 0.231. The summed E-state index contributed by atoms with van der Waals surface area (Å²) in [6.07, 6.45) is 0.255. The third-order valence-electron chi connectivity index (χ3n) is 5.97. The van der Waals surface area contributed by atoms with E-state index in [0.717, 1.165) is 21.7 Å². The largest absolute Gasteiger partial charge is 0.497 e. The van der Waals surface area contributed by atoms with Gasteiger partial charge in [-0.3, -0.25) is 9.59 Å². The zero-order valence-corrected chi connectivity index (χ0v) is 19.6. The maximum atomic E-state index is 13.5. The van der Waals surface area contributed by atoms with Crippen LogP contribution in [0.1, 0.15) is 15.4 Å². The lowest BCUT2D eigenvalue weighted by Gasteiger charge is -2.35. The number of nitrogens with zero attached hydrogens (tertiary/aromatic N) is 2. The van der Waals surface area contributed by atoms with Crippen LogP contribution < -0.4 is 15.0 Å². The number of hydrogen-bond donors (Lipinski definition) is 1. The van der Waals surface area contributed by atoms with E-state index in [9.17, 15) is 9.59 Å². The molecule has 2 amide bonds. The summed E-state index contributed by atoms with van der Waals surface area (Å²) >= 11 is 1.53. The zero-order chi connectivity index (χ0) is 23.5. The Labute approximate surface area is 201 Å². The Morgan fingerprint density at radius 1 is 1.00 bits per heavy atom. The molecule has 0 saturated carbocycles. The van der Waals surface area contributed by atoms with E-state index in [1.165, 1.54) is 11.3 Å². The SMILES string of the molecule is COc1ccc(N2CCN(C(=O)c3oc4ccccc4c3NC(=O)Cc3cccs3)CC2)cc1. The number of para-hydroxylation sites is 1. The highest BCUT2D eigenvalue weighted by Crippen LogP contribution is 2.32. The van der Waals surface area contributed by atoms with E-state index in [1.807, 2.05) is 66.0 Å². The fourth-order valence-corrected chi connectivity index (χ4v) is 4.88. The number of ether oxygens (including phenoxy) is 1. The molecule has 2 aromatic carbocycles. The summed E-state index contributed by atoms with van der Waals surface area (Å²) in [5.74, 6) is 0.610. The van der Waals surface area contributed by atoms with Crippen molar-refractivity contribution in [2.45, 2.75) is 6.42 Å². The number of carbonyl (C=O) groups is 2. The van der Waals surface area contributed by atoms with Crippen LogP contribution in [0.3, 0.4) is 0 Å². The molecule has 0 bridgehead atoms. The fourth-order valence-electron chi connectivity index (χ4n) is 4.18. The summed E-state index contributed by atoms with van der Waals surface area (Å²) in [5, 5.41) is 5.61. The molecule has 1 saturated heterocycles. The lowest BCUT2D eigenvalue weighted by molar-refractivity contribution is -0.115. The van der Waals surface area contributed by atoms with E-state index in [-0.39, 0.29) is 24.0 Å². The molecular formula is C26H25N3O4S. The normalized spacial score (nSPS) is 13.8. The van der Waals surface area contributed by atoms with Crippen molar-refractivity contribution in [3.8, 4) is 5.75 Å². The molecular weight excluding hydrogens is 450 g/mol. The van der Waals surface area contributed by atoms with Crippen LogP contribution in [0.4, 0.5) is 11.4 Å². The molecule has 1 aliphatic heterocycles. The van der Waals surface area contributed by atoms with Gasteiger partial charge in [0.05, 0.1) is 13.5 Å². The van der Waals surface area contributed by atoms with Crippen molar-refractivity contribution < 1.29 is 18.7 Å². The van der Waals surface area contributed by atoms with Gasteiger partial charge in [0, 0.05) is 42.1 Å². The molecule has 0 spiro atoms. The van der Waals surface area contributed by atoms with Crippen molar-refractivity contribution in [2.75, 3.05) is 43.5 Å². The summed E-state index contributed by atoms with van der Waals surface area (Å²) in [4.78, 5) is 31.2. The summed E-state index contributed by atoms with van der Waals surface area (Å²) in [7, 11) is 1.65. The third-order valence-corrected chi connectivity index (χ3v) is 6.85. The van der Waals surface area contributed by atoms with Crippen LogP contribution in [-0.4, -0.2) is 50.0 Å². The van der Waals surface area contributed by atoms with Crippen molar-refractivity contribution in [1.82, 2.24) is 4.90 Å². The molecule has 1 fully saturated rings. The molecule has 174 valence electrons. The average molecular weight is 476 g/mol. The highest BCUT2D eigenvalue weighted by atomic mass is 32.1. The highest BCUT2D eigenvalue weighted by molar-refractivity contribution is 7.10. The van der Waals surface area contributed by atoms with Crippen molar-refractivity contribution in [3.63, 3.8) is 0 Å². The minimum Gasteiger partial charge on any atom is -0.497 e. The van der Waals surface area contributed by atoms with E-state index in [2.05, 4.69) is 10.2 Å². The maximum absolute atomic E-state index is 13.5. The first kappa shape index (κ1) is 22.0. The molecule has 4 aromatic rings. The number of furan rings is 1. The number of thiophene rings is 1. The van der Waals surface area contributed by atoms with Gasteiger partial charge < -0.3 is 24.3 Å². The first-order valence-electron chi connectivity index (χ1n) is 11.1. The third kappa shape index (κ3) is 4.49. The van der Waals surface area contributed by atoms with Crippen LogP contribution in [0.5, 0.6) is 5.75 Å². The summed E-state index contributed by atoms with van der Waals surface area (Å²) in [6.45, 7) is 2.53. The minimum atomic E-state index is -0.211. The van der Waals surface area contributed by atoms with Gasteiger partial charge in [-0.2, -0.15) is 0 Å². The van der Waals surface area contributed by atoms with Gasteiger partial charge in [-0.05, 0) is 47.8 Å². The number of piperazine rings is 1. The van der Waals surface area contributed by atoms with Gasteiger partial charge in [0.1, 0.15) is 17.0 Å². The van der Waals surface area contributed by atoms with Crippen molar-refractivity contribution in [2.24, 2.45) is 0 Å². The van der Waals surface area contributed by atoms with Crippen molar-refractivity contribution >= 4 is 45.5 Å². The Hall–Kier alpha value is -3.78. The van der Waals surface area contributed by atoms with Crippen LogP contribution in [0.25, 0.3) is 11.0 Å². The van der Waals surface area contributed by atoms with Gasteiger partial charge >= 0.3 is 0 Å². The molecule has 1 aliphatic rings. The highest BCUT2D eigenvalue weighted by Gasteiger charge is 2.29. The first-order chi connectivity index (χ1) is 16.6. The smallest absolute Gasteiger partial charge is 0.291 e. The Morgan fingerprint density at radius 2 is 1.76 bits per heavy atom. The van der Waals surface area contributed by atoms with E-state index >= 15 is 0 Å². The minimum absolute atomic E-state index is 0.174. The van der Waals surface area contributed by atoms with Gasteiger partial charge in [-0.15, -0.1) is 11.3 Å². The van der Waals surface area contributed by atoms with Crippen LogP contribution in [0.2, 0.25) is 0 Å². The molecule has 34 heavy (non-hydrogen) atoms. The van der Waals surface area contributed by atoms with Gasteiger partial charge in [0.15, 0.2) is 0 Å². The van der Waals surface area contributed by atoms with Crippen molar-refractivity contribution in [1.29, 1.82) is 0 Å². The second-order valence-electron chi connectivity index (χ2n) is 8.08. The molecule has 1 N–H and O–H groups in total. The summed E-state index contributed by atoms with van der Waals surface area (Å²) in [6, 6.07) is 19.2. The molecule has 5 rings (SSSR count). The number of methoxy groups -OCH3 is 1. The number of hydrogen-bond acceptors (Lipinski definition) is 6. The predicted octanol–water partition coefficient (Wildman–Crippen LogP) is 4.65. The van der Waals surface area contributed by atoms with Crippen LogP contribution >= 0.6 is 11.3 Å². The summed E-state index contributed by atoms with van der Waals surface area (Å²) in [5.41, 5.74) is 2.12. The van der Waals surface area contributed by atoms with E-state index in [1.54, 1.807) is 12.0 Å². The van der Waals surface area contributed by atoms with Crippen LogP contribution in [0, 0.1) is 0 Å². The molecule has 0 aliphatic carbocycles. The monoisotopic (exact) mass is 475 g/mol. The Morgan fingerprint density at radius 3 is 2.47 bits per heavy atom. The summed E-state index contributed by atoms with van der Waals surface area (Å²) < 4.78 is 11.2. The quantitative estimate of drug-likeness (QED) is 0.440. The second-order valence-corrected chi connectivity index (χ2v) is 9.12. The molecule has 0 atom stereocenters. The van der Waals surface area contributed by atoms with E-state index < -0.39 is 0 Å². The van der Waals surface area contributed by atoms with Crippen LogP contribution in [0.15, 0.2) is 70.5 Å². The first-order valence-corrected chi connectivity index (χ1v) is 12.0. The van der Waals surface area contributed by atoms with Crippen LogP contribution in [-0.2, 0) is 11.2 Å². The molecule has 2 aromatic heterocycles. The Balaban J connectivity index is 1.32. The maximum Gasteiger partial charge on any atom is 0.291 e. The second kappa shape index (κ2) is 9.61. The van der Waals surface area contributed by atoms with Crippen molar-refractivity contribution in [3.05, 3.63) is 76.7 Å². The molecule has 7 nitrogen and oxygen atoms in total. The molecule has 0 unspecified atom stereocenters. The van der Waals surface area contributed by atoms with Gasteiger partial charge in [-0.1, -0.05) is 18.2 Å². The number of amides is 2. The number of anilines is 2. The number of nitrogens with one attached hydrogen (secondary N) is 1. The molecule has 8 heteroatoms. The lowest BCUT2D eigenvalue weighted by atomic mass is 10.2. The predicted molar refractivity (Wildman–Crippen MR) is 134 cm³/mol. The van der Waals surface area contributed by atoms with Gasteiger partial charge in [-0.25, -0.2) is 0 Å². The zero-order valence-electron chi connectivity index (χ0n) is 18.8. The standard InChI is InChI=1S/C26H25N3O4S/c1-32-19-10-8-18(9-11-19)28-12-14-29(15-13-28)26(31)25-24(21-6-2-3-7-22(21)33-25)27-23(30)17-20-5-4-16-34-20/h2-11,16H,12-15,17H2,1H3,(H,27,30). The number of benzene rings is 2. The van der Waals surface area contributed by atoms with E-state index in [4.69, 9.17) is 9.15 Å². The van der Waals surface area contributed by atoms with E-state index in [0.29, 0.717) is 37.4 Å².